The molecular weight excluding hydrogens is 1220 g/mol. The smallest absolute Gasteiger partial charge is 0.462 e. The van der Waals surface area contributed by atoms with Gasteiger partial charge in [0.2, 0.25) is 0 Å². The van der Waals surface area contributed by atoms with E-state index in [9.17, 15) is 43.2 Å². The molecule has 548 valence electrons. The van der Waals surface area contributed by atoms with E-state index >= 15 is 0 Å². The second-order valence-corrected chi connectivity index (χ2v) is 30.1. The number of hydrogen-bond acceptors (Lipinski definition) is 15. The summed E-state index contributed by atoms with van der Waals surface area (Å²) in [6.07, 6.45) is 52.3. The van der Waals surface area contributed by atoms with Crippen LogP contribution in [-0.2, 0) is 65.4 Å². The number of allylic oxidation sites excluding steroid dienone is 4. The topological polar surface area (TPSA) is 237 Å². The fourth-order valence-corrected chi connectivity index (χ4v) is 12.3. The second-order valence-electron chi connectivity index (χ2n) is 27.2. The number of phosphoric acid groups is 2. The molecule has 0 rings (SSSR count). The van der Waals surface area contributed by atoms with E-state index in [1.54, 1.807) is 0 Å². The van der Waals surface area contributed by atoms with E-state index in [1.807, 2.05) is 0 Å². The highest BCUT2D eigenvalue weighted by molar-refractivity contribution is 7.47. The molecule has 0 saturated carbocycles. The third kappa shape index (κ3) is 66.6. The highest BCUT2D eigenvalue weighted by Crippen LogP contribution is 2.45. The molecule has 19 heteroatoms. The van der Waals surface area contributed by atoms with Gasteiger partial charge in [0.25, 0.3) is 0 Å². The van der Waals surface area contributed by atoms with Crippen molar-refractivity contribution in [1.29, 1.82) is 0 Å². The maximum atomic E-state index is 13.1. The molecular formula is C74H140O17P2. The molecule has 0 heterocycles. The number of hydrogen-bond donors (Lipinski definition) is 3. The summed E-state index contributed by atoms with van der Waals surface area (Å²) in [7, 11) is -9.92. The van der Waals surface area contributed by atoms with E-state index in [1.165, 1.54) is 141 Å². The lowest BCUT2D eigenvalue weighted by atomic mass is 9.99. The van der Waals surface area contributed by atoms with Gasteiger partial charge >= 0.3 is 39.5 Å². The zero-order chi connectivity index (χ0) is 68.7. The lowest BCUT2D eigenvalue weighted by Crippen LogP contribution is -2.30. The molecule has 0 saturated heterocycles. The van der Waals surface area contributed by atoms with Gasteiger partial charge in [-0.05, 0) is 69.1 Å². The van der Waals surface area contributed by atoms with Crippen LogP contribution < -0.4 is 0 Å². The van der Waals surface area contributed by atoms with Gasteiger partial charge in [-0.3, -0.25) is 37.3 Å². The number of esters is 4. The number of carbonyl (C=O) groups excluding carboxylic acids is 4. The van der Waals surface area contributed by atoms with Crippen molar-refractivity contribution >= 4 is 39.5 Å². The Labute approximate surface area is 567 Å². The summed E-state index contributed by atoms with van der Waals surface area (Å²) in [4.78, 5) is 72.6. The third-order valence-corrected chi connectivity index (χ3v) is 18.8. The Morgan fingerprint density at radius 1 is 0.355 bits per heavy atom. The molecule has 0 amide bonds. The first kappa shape index (κ1) is 90.5. The Balaban J connectivity index is 5.26. The highest BCUT2D eigenvalue weighted by Gasteiger charge is 2.30. The van der Waals surface area contributed by atoms with Crippen LogP contribution in [0, 0.1) is 17.8 Å². The van der Waals surface area contributed by atoms with Crippen LogP contribution in [0.15, 0.2) is 24.3 Å². The summed E-state index contributed by atoms with van der Waals surface area (Å²) >= 11 is 0. The van der Waals surface area contributed by atoms with Crippen LogP contribution in [-0.4, -0.2) is 96.7 Å². The molecule has 0 aromatic rings. The van der Waals surface area contributed by atoms with Crippen LogP contribution in [0.5, 0.6) is 0 Å². The predicted octanol–water partition coefficient (Wildman–Crippen LogP) is 21.0. The molecule has 0 aliphatic carbocycles. The van der Waals surface area contributed by atoms with Gasteiger partial charge in [0, 0.05) is 25.7 Å². The van der Waals surface area contributed by atoms with E-state index < -0.39 is 97.5 Å². The van der Waals surface area contributed by atoms with E-state index in [0.29, 0.717) is 31.6 Å². The molecule has 4 unspecified atom stereocenters. The number of rotatable bonds is 70. The van der Waals surface area contributed by atoms with E-state index in [2.05, 4.69) is 72.8 Å². The minimum absolute atomic E-state index is 0.0990. The number of aliphatic hydroxyl groups excluding tert-OH is 1. The normalized spacial score (nSPS) is 14.6. The Morgan fingerprint density at radius 3 is 0.957 bits per heavy atom. The lowest BCUT2D eigenvalue weighted by molar-refractivity contribution is -0.161. The molecule has 0 spiro atoms. The maximum absolute atomic E-state index is 13.1. The van der Waals surface area contributed by atoms with Crippen molar-refractivity contribution in [2.45, 2.75) is 369 Å². The molecule has 93 heavy (non-hydrogen) atoms. The van der Waals surface area contributed by atoms with Gasteiger partial charge in [-0.1, -0.05) is 297 Å². The van der Waals surface area contributed by atoms with Crippen molar-refractivity contribution in [3.8, 4) is 0 Å². The van der Waals surface area contributed by atoms with Crippen molar-refractivity contribution in [3.05, 3.63) is 24.3 Å². The molecule has 0 bridgehead atoms. The number of aliphatic hydroxyl groups is 1. The number of carbonyl (C=O) groups is 4. The van der Waals surface area contributed by atoms with Gasteiger partial charge in [-0.25, -0.2) is 9.13 Å². The fraction of sp³-hybridized carbons (Fsp3) is 0.892. The summed E-state index contributed by atoms with van der Waals surface area (Å²) in [5.74, 6) is 0.0796. The van der Waals surface area contributed by atoms with Gasteiger partial charge in [-0.15, -0.1) is 0 Å². The van der Waals surface area contributed by atoms with Crippen LogP contribution in [0.25, 0.3) is 0 Å². The molecule has 0 fully saturated rings. The average molecular weight is 1360 g/mol. The first-order chi connectivity index (χ1) is 44.8. The predicted molar refractivity (Wildman–Crippen MR) is 377 cm³/mol. The molecule has 0 aliphatic heterocycles. The van der Waals surface area contributed by atoms with E-state index in [4.69, 9.17) is 37.0 Å². The quantitative estimate of drug-likeness (QED) is 0.0169. The lowest BCUT2D eigenvalue weighted by Gasteiger charge is -2.21. The van der Waals surface area contributed by atoms with E-state index in [0.717, 1.165) is 121 Å². The Kier molecular flexibility index (Phi) is 62.5. The SMILES string of the molecule is CCCCCC/C=C\C=C/CCCCCCCC(=O)OC[C@H](COP(=O)(O)OCC(O)COP(=O)(O)OC[C@@H](COC(=O)CCCCCCCCCCC(C)C)OC(=O)CCCCCCCCC(C)C)OC(=O)CCCCCCCCCCCCCCCCC(C)CC. The van der Waals surface area contributed by atoms with Crippen molar-refractivity contribution in [2.24, 2.45) is 17.8 Å². The van der Waals surface area contributed by atoms with Gasteiger partial charge in [0.1, 0.15) is 19.3 Å². The van der Waals surface area contributed by atoms with E-state index in [-0.39, 0.29) is 25.7 Å². The monoisotopic (exact) mass is 1360 g/mol. The van der Waals surface area contributed by atoms with Crippen LogP contribution in [0.3, 0.4) is 0 Å². The minimum Gasteiger partial charge on any atom is -0.462 e. The van der Waals surface area contributed by atoms with Crippen LogP contribution in [0.1, 0.15) is 350 Å². The minimum atomic E-state index is -4.96. The Bertz CT molecular complexity index is 1910. The van der Waals surface area contributed by atoms with Crippen molar-refractivity contribution in [1.82, 2.24) is 0 Å². The van der Waals surface area contributed by atoms with Crippen LogP contribution >= 0.6 is 15.6 Å². The van der Waals surface area contributed by atoms with Crippen molar-refractivity contribution in [3.63, 3.8) is 0 Å². The molecule has 0 radical (unpaired) electrons. The van der Waals surface area contributed by atoms with Gasteiger partial charge < -0.3 is 33.8 Å². The third-order valence-electron chi connectivity index (χ3n) is 16.9. The summed E-state index contributed by atoms with van der Waals surface area (Å²) < 4.78 is 68.3. The molecule has 3 N–H and O–H groups in total. The molecule has 6 atom stereocenters. The number of ether oxygens (including phenoxy) is 4. The summed E-state index contributed by atoms with van der Waals surface area (Å²) in [6.45, 7) is 11.7. The highest BCUT2D eigenvalue weighted by atomic mass is 31.2. The van der Waals surface area contributed by atoms with Crippen molar-refractivity contribution < 1.29 is 80.2 Å². The molecule has 0 aliphatic rings. The van der Waals surface area contributed by atoms with Crippen molar-refractivity contribution in [2.75, 3.05) is 39.6 Å². The Hall–Kier alpha value is -2.46. The summed E-state index contributed by atoms with van der Waals surface area (Å²) in [5.41, 5.74) is 0. The van der Waals surface area contributed by atoms with Crippen LogP contribution in [0.4, 0.5) is 0 Å². The number of phosphoric ester groups is 2. The zero-order valence-corrected chi connectivity index (χ0v) is 62.0. The average Bonchev–Trinajstić information content (AvgIpc) is 2.37. The summed E-state index contributed by atoms with van der Waals surface area (Å²) in [6, 6.07) is 0. The molecule has 17 nitrogen and oxygen atoms in total. The van der Waals surface area contributed by atoms with Gasteiger partial charge in [-0.2, -0.15) is 0 Å². The molecule has 0 aromatic carbocycles. The summed E-state index contributed by atoms with van der Waals surface area (Å²) in [5, 5.41) is 10.6. The standard InChI is InChI=1S/C74H140O17P2/c1-8-10-11-12-13-14-15-16-17-21-24-27-33-41-48-55-71(76)84-61-69(90-73(78)57-50-43-35-28-25-22-19-18-20-23-26-32-40-47-54-67(7)9-2)63-88-92(80,81)86-59-68(75)60-87-93(82,83)89-64-70(91-74(79)58-51-44-37-36-39-46-53-66(5)6)62-85-72(77)56-49-42-34-30-29-31-38-45-52-65(3)4/h14-17,65-70,75H,8-13,18-64H2,1-7H3,(H,80,81)(H,82,83)/b15-14-,17-16-/t67?,68?,69-,70-/m1/s1. The van der Waals surface area contributed by atoms with Gasteiger partial charge in [0.05, 0.1) is 26.4 Å². The first-order valence-electron chi connectivity index (χ1n) is 37.7. The maximum Gasteiger partial charge on any atom is 0.472 e. The largest absolute Gasteiger partial charge is 0.472 e. The second kappa shape index (κ2) is 64.2. The first-order valence-corrected chi connectivity index (χ1v) is 40.7. The Morgan fingerprint density at radius 2 is 0.634 bits per heavy atom. The van der Waals surface area contributed by atoms with Gasteiger partial charge in [0.15, 0.2) is 12.2 Å². The fourth-order valence-electron chi connectivity index (χ4n) is 10.7. The molecule has 0 aromatic heterocycles. The zero-order valence-electron chi connectivity index (χ0n) is 60.2. The number of unbranched alkanes of at least 4 members (excludes halogenated alkanes) is 34. The van der Waals surface area contributed by atoms with Crippen LogP contribution in [0.2, 0.25) is 0 Å².